The van der Waals surface area contributed by atoms with Gasteiger partial charge in [-0.05, 0) is 47.7 Å². The summed E-state index contributed by atoms with van der Waals surface area (Å²) in [6.45, 7) is 12.0. The average molecular weight is 214 g/mol. The van der Waals surface area contributed by atoms with Crippen molar-refractivity contribution in [2.45, 2.75) is 51.9 Å². The lowest BCUT2D eigenvalue weighted by atomic mass is 10.0. The zero-order chi connectivity index (χ0) is 11.5. The Labute approximate surface area is 94.2 Å². The van der Waals surface area contributed by atoms with Crippen molar-refractivity contribution in [3.8, 4) is 0 Å². The van der Waals surface area contributed by atoms with Gasteiger partial charge in [0.25, 0.3) is 0 Å². The van der Waals surface area contributed by atoms with E-state index in [-0.39, 0.29) is 5.60 Å². The third-order valence-electron chi connectivity index (χ3n) is 3.03. The van der Waals surface area contributed by atoms with Gasteiger partial charge < -0.3 is 10.1 Å². The maximum atomic E-state index is 5.90. The Hall–Kier alpha value is -0.120. The van der Waals surface area contributed by atoms with Gasteiger partial charge in [-0.25, -0.2) is 0 Å². The van der Waals surface area contributed by atoms with E-state index in [1.54, 1.807) is 0 Å². The van der Waals surface area contributed by atoms with Crippen molar-refractivity contribution in [2.24, 2.45) is 0 Å². The van der Waals surface area contributed by atoms with Gasteiger partial charge in [-0.15, -0.1) is 0 Å². The van der Waals surface area contributed by atoms with Crippen LogP contribution in [0.25, 0.3) is 0 Å². The van der Waals surface area contributed by atoms with E-state index < -0.39 is 0 Å². The average Bonchev–Trinajstić information content (AvgIpc) is 2.10. The van der Waals surface area contributed by atoms with E-state index in [9.17, 15) is 0 Å². The highest BCUT2D eigenvalue weighted by Crippen LogP contribution is 2.22. The van der Waals surface area contributed by atoms with E-state index in [2.05, 4.69) is 37.9 Å². The second-order valence-electron chi connectivity index (χ2n) is 5.36. The quantitative estimate of drug-likeness (QED) is 0.767. The molecule has 0 radical (unpaired) electrons. The molecule has 1 aliphatic rings. The molecule has 1 aliphatic heterocycles. The Balaban J connectivity index is 2.46. The van der Waals surface area contributed by atoms with Gasteiger partial charge in [-0.2, -0.15) is 0 Å². The van der Waals surface area contributed by atoms with Gasteiger partial charge >= 0.3 is 0 Å². The van der Waals surface area contributed by atoms with E-state index in [0.29, 0.717) is 12.1 Å². The molecule has 1 rings (SSSR count). The van der Waals surface area contributed by atoms with Crippen molar-refractivity contribution in [3.05, 3.63) is 0 Å². The van der Waals surface area contributed by atoms with Crippen LogP contribution in [0.1, 0.15) is 34.1 Å². The largest absolute Gasteiger partial charge is 0.370 e. The third kappa shape index (κ3) is 4.09. The Morgan fingerprint density at radius 3 is 2.73 bits per heavy atom. The zero-order valence-electron chi connectivity index (χ0n) is 10.8. The van der Waals surface area contributed by atoms with Crippen LogP contribution in [-0.2, 0) is 4.74 Å². The van der Waals surface area contributed by atoms with Crippen LogP contribution in [0.4, 0.5) is 0 Å². The topological polar surface area (TPSA) is 24.5 Å². The fourth-order valence-corrected chi connectivity index (χ4v) is 2.37. The number of hydrogen-bond donors (Lipinski definition) is 1. The van der Waals surface area contributed by atoms with Gasteiger partial charge in [0, 0.05) is 19.1 Å². The lowest BCUT2D eigenvalue weighted by molar-refractivity contribution is -0.136. The molecule has 0 spiro atoms. The lowest BCUT2D eigenvalue weighted by Crippen LogP contribution is -2.54. The normalized spacial score (nSPS) is 29.0. The summed E-state index contributed by atoms with van der Waals surface area (Å²) in [4.78, 5) is 2.55. The van der Waals surface area contributed by atoms with E-state index in [1.165, 1.54) is 6.42 Å². The summed E-state index contributed by atoms with van der Waals surface area (Å²) in [6, 6.07) is 0.642. The molecule has 15 heavy (non-hydrogen) atoms. The second-order valence-corrected chi connectivity index (χ2v) is 5.36. The third-order valence-corrected chi connectivity index (χ3v) is 3.03. The SMILES string of the molecule is CNCCC(C)N1CC(C)OC(C)(C)C1. The molecule has 2 atom stereocenters. The monoisotopic (exact) mass is 214 g/mol. The number of ether oxygens (including phenoxy) is 1. The van der Waals surface area contributed by atoms with E-state index in [0.717, 1.165) is 19.6 Å². The van der Waals surface area contributed by atoms with Crippen LogP contribution in [-0.4, -0.2) is 49.3 Å². The maximum absolute atomic E-state index is 5.90. The van der Waals surface area contributed by atoms with Crippen molar-refractivity contribution in [3.63, 3.8) is 0 Å². The van der Waals surface area contributed by atoms with Crippen LogP contribution in [0.5, 0.6) is 0 Å². The number of nitrogens with one attached hydrogen (secondary N) is 1. The summed E-state index contributed by atoms with van der Waals surface area (Å²) in [6.07, 6.45) is 1.56. The molecule has 0 saturated carbocycles. The zero-order valence-corrected chi connectivity index (χ0v) is 10.8. The summed E-state index contributed by atoms with van der Waals surface area (Å²) < 4.78 is 5.90. The number of nitrogens with zero attached hydrogens (tertiary/aromatic N) is 1. The minimum absolute atomic E-state index is 0.00553. The minimum Gasteiger partial charge on any atom is -0.370 e. The Morgan fingerprint density at radius 1 is 1.53 bits per heavy atom. The number of morpholine rings is 1. The van der Waals surface area contributed by atoms with Crippen molar-refractivity contribution >= 4 is 0 Å². The molecule has 2 unspecified atom stereocenters. The first-order chi connectivity index (χ1) is 6.94. The molecule has 1 heterocycles. The second kappa shape index (κ2) is 5.28. The molecule has 1 saturated heterocycles. The molecular weight excluding hydrogens is 188 g/mol. The molecule has 3 heteroatoms. The summed E-state index contributed by atoms with van der Waals surface area (Å²) >= 11 is 0. The van der Waals surface area contributed by atoms with Crippen LogP contribution in [0.3, 0.4) is 0 Å². The molecule has 3 nitrogen and oxygen atoms in total. The first-order valence-corrected chi connectivity index (χ1v) is 6.01. The smallest absolute Gasteiger partial charge is 0.0757 e. The molecule has 90 valence electrons. The molecule has 0 aliphatic carbocycles. The first-order valence-electron chi connectivity index (χ1n) is 6.01. The molecular formula is C12H26N2O. The summed E-state index contributed by atoms with van der Waals surface area (Å²) in [5.74, 6) is 0. The van der Waals surface area contributed by atoms with Gasteiger partial charge in [0.2, 0.25) is 0 Å². The highest BCUT2D eigenvalue weighted by Gasteiger charge is 2.32. The predicted octanol–water partition coefficient (Wildman–Crippen LogP) is 1.48. The standard InChI is InChI=1S/C12H26N2O/c1-10(6-7-13-5)14-8-11(2)15-12(3,4)9-14/h10-11,13H,6-9H2,1-5H3. The Bertz CT molecular complexity index is 194. The van der Waals surface area contributed by atoms with Gasteiger partial charge in [-0.3, -0.25) is 4.90 Å². The summed E-state index contributed by atoms with van der Waals surface area (Å²) in [5, 5.41) is 3.21. The highest BCUT2D eigenvalue weighted by molar-refractivity contribution is 4.85. The Kier molecular flexibility index (Phi) is 4.56. The first kappa shape index (κ1) is 12.9. The molecule has 1 fully saturated rings. The van der Waals surface area contributed by atoms with Crippen LogP contribution < -0.4 is 5.32 Å². The highest BCUT2D eigenvalue weighted by atomic mass is 16.5. The van der Waals surface area contributed by atoms with E-state index in [1.807, 2.05) is 7.05 Å². The molecule has 0 amide bonds. The number of rotatable bonds is 4. The van der Waals surface area contributed by atoms with E-state index in [4.69, 9.17) is 4.74 Å². The van der Waals surface area contributed by atoms with Crippen LogP contribution in [0.15, 0.2) is 0 Å². The fourth-order valence-electron chi connectivity index (χ4n) is 2.37. The maximum Gasteiger partial charge on any atom is 0.0757 e. The molecule has 0 bridgehead atoms. The number of hydrogen-bond acceptors (Lipinski definition) is 3. The van der Waals surface area contributed by atoms with Gasteiger partial charge in [-0.1, -0.05) is 0 Å². The van der Waals surface area contributed by atoms with Gasteiger partial charge in [0.15, 0.2) is 0 Å². The summed E-state index contributed by atoms with van der Waals surface area (Å²) in [5.41, 5.74) is 0.00553. The molecule has 1 N–H and O–H groups in total. The fraction of sp³-hybridized carbons (Fsp3) is 1.00. The van der Waals surface area contributed by atoms with Crippen molar-refractivity contribution < 1.29 is 4.74 Å². The molecule has 0 aromatic heterocycles. The van der Waals surface area contributed by atoms with Crippen LogP contribution in [0.2, 0.25) is 0 Å². The summed E-state index contributed by atoms with van der Waals surface area (Å²) in [7, 11) is 2.01. The van der Waals surface area contributed by atoms with Crippen LogP contribution >= 0.6 is 0 Å². The Morgan fingerprint density at radius 2 is 2.20 bits per heavy atom. The molecule has 0 aromatic rings. The minimum atomic E-state index is 0.00553. The van der Waals surface area contributed by atoms with Crippen molar-refractivity contribution in [1.29, 1.82) is 0 Å². The predicted molar refractivity (Wildman–Crippen MR) is 64.2 cm³/mol. The van der Waals surface area contributed by atoms with Crippen molar-refractivity contribution in [1.82, 2.24) is 10.2 Å². The van der Waals surface area contributed by atoms with Gasteiger partial charge in [0.05, 0.1) is 11.7 Å². The van der Waals surface area contributed by atoms with Gasteiger partial charge in [0.1, 0.15) is 0 Å². The van der Waals surface area contributed by atoms with Crippen LogP contribution in [0, 0.1) is 0 Å². The van der Waals surface area contributed by atoms with E-state index >= 15 is 0 Å². The van der Waals surface area contributed by atoms with Crippen molar-refractivity contribution in [2.75, 3.05) is 26.7 Å². The lowest BCUT2D eigenvalue weighted by Gasteiger charge is -2.44. The molecule has 0 aromatic carbocycles.